The third kappa shape index (κ3) is 8.43. The number of benzene rings is 1. The summed E-state index contributed by atoms with van der Waals surface area (Å²) in [6.45, 7) is 2.11. The lowest BCUT2D eigenvalue weighted by atomic mass is 10.2. The minimum absolute atomic E-state index is 0. The van der Waals surface area contributed by atoms with Crippen LogP contribution < -0.4 is 15.8 Å². The summed E-state index contributed by atoms with van der Waals surface area (Å²) < 4.78 is 29.1. The lowest BCUT2D eigenvalue weighted by Crippen LogP contribution is -2.25. The number of nitrogens with zero attached hydrogens (tertiary/aromatic N) is 1. The van der Waals surface area contributed by atoms with E-state index in [9.17, 15) is 13.2 Å². The first-order chi connectivity index (χ1) is 12.3. The van der Waals surface area contributed by atoms with Crippen molar-refractivity contribution in [2.45, 2.75) is 37.2 Å². The number of hydrogen-bond acceptors (Lipinski definition) is 6. The van der Waals surface area contributed by atoms with Crippen molar-refractivity contribution in [3.63, 3.8) is 0 Å². The standard InChI is InChI=1S/C18H23N3O4S.2ClH/c1-13(19)8-9-17(22)21-12-14-5-4-10-20-18(14)25-15-6-3-7-16(11-15)26(2,23)24;;/h3-7,10-11,13H,8-9,12,19H2,1-2H3,(H,21,22);2*1H. The normalized spacial score (nSPS) is 11.5. The largest absolute Gasteiger partial charge is 0.439 e. The molecule has 1 aromatic heterocycles. The van der Waals surface area contributed by atoms with E-state index in [1.165, 1.54) is 12.1 Å². The number of sulfone groups is 1. The van der Waals surface area contributed by atoms with E-state index in [0.29, 0.717) is 30.0 Å². The first-order valence-corrected chi connectivity index (χ1v) is 10.1. The average molecular weight is 450 g/mol. The van der Waals surface area contributed by atoms with Gasteiger partial charge in [0, 0.05) is 37.0 Å². The molecule has 1 atom stereocenters. The number of hydrogen-bond donors (Lipinski definition) is 2. The van der Waals surface area contributed by atoms with Crippen molar-refractivity contribution >= 4 is 40.6 Å². The number of nitrogens with two attached hydrogens (primary N) is 1. The Balaban J connectivity index is 0.00000364. The summed E-state index contributed by atoms with van der Waals surface area (Å²) >= 11 is 0. The number of amides is 1. The summed E-state index contributed by atoms with van der Waals surface area (Å²) in [5, 5.41) is 2.81. The molecule has 0 radical (unpaired) electrons. The third-order valence-corrected chi connectivity index (χ3v) is 4.71. The van der Waals surface area contributed by atoms with Gasteiger partial charge in [-0.15, -0.1) is 24.8 Å². The third-order valence-electron chi connectivity index (χ3n) is 3.60. The highest BCUT2D eigenvalue weighted by atomic mass is 35.5. The maximum absolute atomic E-state index is 11.9. The van der Waals surface area contributed by atoms with E-state index in [1.807, 2.05) is 6.92 Å². The van der Waals surface area contributed by atoms with Crippen molar-refractivity contribution in [3.05, 3.63) is 48.2 Å². The highest BCUT2D eigenvalue weighted by molar-refractivity contribution is 7.90. The Morgan fingerprint density at radius 1 is 1.25 bits per heavy atom. The Labute approximate surface area is 177 Å². The van der Waals surface area contributed by atoms with Crippen molar-refractivity contribution in [3.8, 4) is 11.6 Å². The summed E-state index contributed by atoms with van der Waals surface area (Å²) in [7, 11) is -3.33. The molecule has 2 rings (SSSR count). The van der Waals surface area contributed by atoms with Gasteiger partial charge < -0.3 is 15.8 Å². The summed E-state index contributed by atoms with van der Waals surface area (Å²) in [6, 6.07) is 9.69. The SMILES string of the molecule is CC(N)CCC(=O)NCc1cccnc1Oc1cccc(S(C)(=O)=O)c1.Cl.Cl. The lowest BCUT2D eigenvalue weighted by Gasteiger charge is -2.12. The maximum Gasteiger partial charge on any atom is 0.224 e. The molecule has 1 aromatic carbocycles. The molecule has 0 aliphatic heterocycles. The van der Waals surface area contributed by atoms with Gasteiger partial charge in [0.15, 0.2) is 9.84 Å². The molecule has 0 aliphatic carbocycles. The molecule has 0 aliphatic rings. The fourth-order valence-electron chi connectivity index (χ4n) is 2.17. The number of rotatable bonds is 8. The monoisotopic (exact) mass is 449 g/mol. The molecule has 1 unspecified atom stereocenters. The Hall–Kier alpha value is -1.87. The van der Waals surface area contributed by atoms with Gasteiger partial charge in [0.1, 0.15) is 5.75 Å². The predicted octanol–water partition coefficient (Wildman–Crippen LogP) is 2.86. The van der Waals surface area contributed by atoms with Crippen LogP contribution in [-0.2, 0) is 21.2 Å². The molecule has 0 bridgehead atoms. The van der Waals surface area contributed by atoms with E-state index in [-0.39, 0.29) is 48.2 Å². The van der Waals surface area contributed by atoms with Gasteiger partial charge in [-0.3, -0.25) is 4.79 Å². The number of ether oxygens (including phenoxy) is 1. The van der Waals surface area contributed by atoms with Crippen LogP contribution in [0, 0.1) is 0 Å². The highest BCUT2D eigenvalue weighted by Crippen LogP contribution is 2.25. The smallest absolute Gasteiger partial charge is 0.224 e. The number of aromatic nitrogens is 1. The minimum atomic E-state index is -3.33. The molecule has 10 heteroatoms. The van der Waals surface area contributed by atoms with E-state index in [0.717, 1.165) is 6.26 Å². The fourth-order valence-corrected chi connectivity index (χ4v) is 2.83. The van der Waals surface area contributed by atoms with Gasteiger partial charge in [0.05, 0.1) is 4.90 Å². The molecule has 1 amide bonds. The van der Waals surface area contributed by atoms with Crippen LogP contribution >= 0.6 is 24.8 Å². The average Bonchev–Trinajstić information content (AvgIpc) is 2.58. The van der Waals surface area contributed by atoms with Crippen molar-refractivity contribution in [1.29, 1.82) is 0 Å². The maximum atomic E-state index is 11.9. The molecule has 0 spiro atoms. The van der Waals surface area contributed by atoms with Crippen LogP contribution in [0.15, 0.2) is 47.5 Å². The van der Waals surface area contributed by atoms with Crippen molar-refractivity contribution in [2.24, 2.45) is 5.73 Å². The summed E-state index contributed by atoms with van der Waals surface area (Å²) in [4.78, 5) is 16.2. The first kappa shape index (κ1) is 26.1. The number of carbonyl (C=O) groups is 1. The van der Waals surface area contributed by atoms with Gasteiger partial charge in [0.25, 0.3) is 0 Å². The molecule has 1 heterocycles. The van der Waals surface area contributed by atoms with Crippen molar-refractivity contribution in [1.82, 2.24) is 10.3 Å². The van der Waals surface area contributed by atoms with Crippen LogP contribution in [0.5, 0.6) is 11.6 Å². The number of pyridine rings is 1. The van der Waals surface area contributed by atoms with Crippen LogP contribution in [0.1, 0.15) is 25.3 Å². The van der Waals surface area contributed by atoms with Gasteiger partial charge in [-0.05, 0) is 37.6 Å². The Bertz CT molecular complexity index is 877. The molecule has 28 heavy (non-hydrogen) atoms. The molecular weight excluding hydrogens is 425 g/mol. The lowest BCUT2D eigenvalue weighted by molar-refractivity contribution is -0.121. The zero-order valence-corrected chi connectivity index (χ0v) is 18.1. The van der Waals surface area contributed by atoms with Gasteiger partial charge in [-0.2, -0.15) is 0 Å². The van der Waals surface area contributed by atoms with Gasteiger partial charge >= 0.3 is 0 Å². The van der Waals surface area contributed by atoms with Crippen LogP contribution in [0.3, 0.4) is 0 Å². The minimum Gasteiger partial charge on any atom is -0.439 e. The number of halogens is 2. The highest BCUT2D eigenvalue weighted by Gasteiger charge is 2.11. The molecule has 2 aromatic rings. The first-order valence-electron chi connectivity index (χ1n) is 8.20. The van der Waals surface area contributed by atoms with Crippen molar-refractivity contribution < 1.29 is 17.9 Å². The zero-order valence-electron chi connectivity index (χ0n) is 15.6. The Morgan fingerprint density at radius 2 is 1.96 bits per heavy atom. The number of nitrogens with one attached hydrogen (secondary N) is 1. The quantitative estimate of drug-likeness (QED) is 0.640. The topological polar surface area (TPSA) is 111 Å². The predicted molar refractivity (Wildman–Crippen MR) is 113 cm³/mol. The molecule has 0 fully saturated rings. The van der Waals surface area contributed by atoms with Crippen LogP contribution in [-0.4, -0.2) is 31.6 Å². The van der Waals surface area contributed by atoms with Gasteiger partial charge in [-0.25, -0.2) is 13.4 Å². The second-order valence-corrected chi connectivity index (χ2v) is 8.13. The molecule has 3 N–H and O–H groups in total. The van der Waals surface area contributed by atoms with E-state index in [2.05, 4.69) is 10.3 Å². The molecule has 156 valence electrons. The van der Waals surface area contributed by atoms with Crippen LogP contribution in [0.25, 0.3) is 0 Å². The Kier molecular flexibility index (Phi) is 11.1. The number of carbonyl (C=O) groups excluding carboxylic acids is 1. The van der Waals surface area contributed by atoms with Crippen LogP contribution in [0.2, 0.25) is 0 Å². The van der Waals surface area contributed by atoms with Crippen LogP contribution in [0.4, 0.5) is 0 Å². The van der Waals surface area contributed by atoms with Gasteiger partial charge in [0.2, 0.25) is 11.8 Å². The fraction of sp³-hybridized carbons (Fsp3) is 0.333. The van der Waals surface area contributed by atoms with E-state index >= 15 is 0 Å². The molecule has 0 saturated heterocycles. The summed E-state index contributed by atoms with van der Waals surface area (Å²) in [6.07, 6.45) is 3.66. The Morgan fingerprint density at radius 3 is 2.61 bits per heavy atom. The van der Waals surface area contributed by atoms with E-state index in [4.69, 9.17) is 10.5 Å². The second-order valence-electron chi connectivity index (χ2n) is 6.11. The van der Waals surface area contributed by atoms with E-state index in [1.54, 1.807) is 30.5 Å². The summed E-state index contributed by atoms with van der Waals surface area (Å²) in [5.74, 6) is 0.568. The van der Waals surface area contributed by atoms with Crippen molar-refractivity contribution in [2.75, 3.05) is 6.26 Å². The second kappa shape index (κ2) is 11.9. The van der Waals surface area contributed by atoms with Gasteiger partial charge in [-0.1, -0.05) is 12.1 Å². The molecule has 7 nitrogen and oxygen atoms in total. The summed E-state index contributed by atoms with van der Waals surface area (Å²) in [5.41, 5.74) is 6.33. The van der Waals surface area contributed by atoms with E-state index < -0.39 is 9.84 Å². The molecular formula is C18H25Cl2N3O4S. The zero-order chi connectivity index (χ0) is 19.2. The molecule has 0 saturated carbocycles.